The number of aromatic hydroxyl groups is 1. The number of rotatable bonds is 12. The molecule has 2 aromatic carbocycles. The molecule has 0 aliphatic heterocycles. The van der Waals surface area contributed by atoms with Crippen LogP contribution in [0.2, 0.25) is 0 Å². The number of hydrogen-bond donors (Lipinski definition) is 2. The minimum atomic E-state index is -0.849. The Morgan fingerprint density at radius 3 is 2.40 bits per heavy atom. The number of benzene rings is 2. The normalized spacial score (nSPS) is 10.6. The number of phenols is 1. The molecule has 8 heteroatoms. The van der Waals surface area contributed by atoms with Crippen LogP contribution < -0.4 is 9.47 Å². The number of hydrogen-bond acceptors (Lipinski definition) is 6. The van der Waals surface area contributed by atoms with Crippen LogP contribution >= 0.6 is 27.7 Å². The summed E-state index contributed by atoms with van der Waals surface area (Å²) >= 11 is 4.70. The van der Waals surface area contributed by atoms with Gasteiger partial charge in [0.2, 0.25) is 0 Å². The van der Waals surface area contributed by atoms with Gasteiger partial charge in [0, 0.05) is 16.9 Å². The van der Waals surface area contributed by atoms with E-state index in [-0.39, 0.29) is 22.8 Å². The van der Waals surface area contributed by atoms with E-state index >= 15 is 0 Å². The molecule has 0 radical (unpaired) electrons. The van der Waals surface area contributed by atoms with E-state index in [1.54, 1.807) is 18.2 Å². The van der Waals surface area contributed by atoms with Crippen molar-refractivity contribution in [1.29, 1.82) is 0 Å². The first-order chi connectivity index (χ1) is 14.3. The van der Waals surface area contributed by atoms with E-state index in [2.05, 4.69) is 15.9 Å². The number of carboxylic acids is 1. The average molecular weight is 497 g/mol. The van der Waals surface area contributed by atoms with Gasteiger partial charge in [-0.3, -0.25) is 9.59 Å². The standard InChI is InChI=1S/C22H25BrO6S/c1-3-5-17-21(27)18(14(2)24)12-19(23)22(17)29-11-4-10-28-15-6-8-16(9-7-15)30-13-20(25)26/h6-9,12,27H,3-5,10-11,13H2,1-2H3,(H,25,26). The quantitative estimate of drug-likeness (QED) is 0.233. The van der Waals surface area contributed by atoms with Gasteiger partial charge < -0.3 is 19.7 Å². The molecule has 0 fully saturated rings. The first-order valence-corrected chi connectivity index (χ1v) is 11.4. The number of ether oxygens (including phenoxy) is 2. The average Bonchev–Trinajstić information content (AvgIpc) is 2.71. The van der Waals surface area contributed by atoms with Gasteiger partial charge in [-0.2, -0.15) is 0 Å². The third kappa shape index (κ3) is 6.95. The van der Waals surface area contributed by atoms with Gasteiger partial charge in [0.1, 0.15) is 17.2 Å². The van der Waals surface area contributed by atoms with Gasteiger partial charge in [0.25, 0.3) is 0 Å². The maximum atomic E-state index is 11.7. The Hall–Kier alpha value is -2.19. The summed E-state index contributed by atoms with van der Waals surface area (Å²) in [5.41, 5.74) is 0.915. The predicted octanol–water partition coefficient (Wildman–Crippen LogP) is 5.33. The molecular formula is C22H25BrO6S. The van der Waals surface area contributed by atoms with E-state index in [9.17, 15) is 14.7 Å². The van der Waals surface area contributed by atoms with Crippen LogP contribution in [0.25, 0.3) is 0 Å². The Balaban J connectivity index is 1.89. The molecule has 0 saturated carbocycles. The number of thioether (sulfide) groups is 1. The highest BCUT2D eigenvalue weighted by Gasteiger charge is 2.19. The van der Waals surface area contributed by atoms with Crippen LogP contribution in [0.5, 0.6) is 17.2 Å². The zero-order valence-electron chi connectivity index (χ0n) is 16.9. The van der Waals surface area contributed by atoms with Crippen molar-refractivity contribution in [1.82, 2.24) is 0 Å². The Bertz CT molecular complexity index is 882. The molecule has 2 rings (SSSR count). The second-order valence-electron chi connectivity index (χ2n) is 6.57. The SMILES string of the molecule is CCCc1c(O)c(C(C)=O)cc(Br)c1OCCCOc1ccc(SCC(=O)O)cc1. The molecule has 0 saturated heterocycles. The fourth-order valence-electron chi connectivity index (χ4n) is 2.78. The summed E-state index contributed by atoms with van der Waals surface area (Å²) in [5, 5.41) is 19.2. The van der Waals surface area contributed by atoms with Crippen LogP contribution in [-0.4, -0.2) is 40.9 Å². The number of ketones is 1. The molecule has 0 aromatic heterocycles. The fourth-order valence-corrected chi connectivity index (χ4v) is 3.98. The fraction of sp³-hybridized carbons (Fsp3) is 0.364. The summed E-state index contributed by atoms with van der Waals surface area (Å²) in [6.45, 7) is 4.25. The number of phenolic OH excluding ortho intramolecular Hbond substituents is 1. The monoisotopic (exact) mass is 496 g/mol. The Morgan fingerprint density at radius 2 is 1.80 bits per heavy atom. The molecule has 6 nitrogen and oxygen atoms in total. The molecule has 30 heavy (non-hydrogen) atoms. The van der Waals surface area contributed by atoms with E-state index in [1.165, 1.54) is 18.7 Å². The molecule has 0 aliphatic carbocycles. The zero-order valence-corrected chi connectivity index (χ0v) is 19.3. The number of aliphatic carboxylic acids is 1. The third-order valence-electron chi connectivity index (χ3n) is 4.17. The minimum absolute atomic E-state index is 0.0142. The number of halogens is 1. The van der Waals surface area contributed by atoms with Gasteiger partial charge in [-0.15, -0.1) is 11.8 Å². The van der Waals surface area contributed by atoms with Gasteiger partial charge >= 0.3 is 5.97 Å². The lowest BCUT2D eigenvalue weighted by molar-refractivity contribution is -0.133. The molecule has 0 amide bonds. The van der Waals surface area contributed by atoms with Crippen LogP contribution in [0.4, 0.5) is 0 Å². The van der Waals surface area contributed by atoms with Crippen molar-refractivity contribution in [3.63, 3.8) is 0 Å². The molecule has 162 valence electrons. The van der Waals surface area contributed by atoms with Crippen molar-refractivity contribution in [2.24, 2.45) is 0 Å². The number of carbonyl (C=O) groups excluding carboxylic acids is 1. The summed E-state index contributed by atoms with van der Waals surface area (Å²) in [4.78, 5) is 23.2. The number of carboxylic acid groups (broad SMARTS) is 1. The van der Waals surface area contributed by atoms with E-state index in [0.717, 1.165) is 11.3 Å². The molecular weight excluding hydrogens is 472 g/mol. The van der Waals surface area contributed by atoms with Crippen molar-refractivity contribution < 1.29 is 29.3 Å². The van der Waals surface area contributed by atoms with Crippen LogP contribution in [0.1, 0.15) is 42.6 Å². The Kier molecular flexibility index (Phi) is 9.52. The molecule has 0 spiro atoms. The summed E-state index contributed by atoms with van der Waals surface area (Å²) in [6.07, 6.45) is 2.04. The van der Waals surface area contributed by atoms with Crippen LogP contribution in [-0.2, 0) is 11.2 Å². The topological polar surface area (TPSA) is 93.1 Å². The lowest BCUT2D eigenvalue weighted by atomic mass is 10.0. The third-order valence-corrected chi connectivity index (χ3v) is 5.76. The van der Waals surface area contributed by atoms with Crippen LogP contribution in [0.15, 0.2) is 39.7 Å². The first-order valence-electron chi connectivity index (χ1n) is 9.59. The van der Waals surface area contributed by atoms with Gasteiger partial charge in [-0.05, 0) is 59.6 Å². The van der Waals surface area contributed by atoms with E-state index in [0.29, 0.717) is 47.6 Å². The highest BCUT2D eigenvalue weighted by atomic mass is 79.9. The molecule has 0 bridgehead atoms. The number of Topliss-reactive ketones (excluding diaryl/α,β-unsaturated/α-hetero) is 1. The van der Waals surface area contributed by atoms with Crippen LogP contribution in [0, 0.1) is 0 Å². The molecule has 0 heterocycles. The molecule has 0 atom stereocenters. The largest absolute Gasteiger partial charge is 0.507 e. The van der Waals surface area contributed by atoms with Gasteiger partial charge in [0.05, 0.1) is 29.0 Å². The summed E-state index contributed by atoms with van der Waals surface area (Å²) in [5.74, 6) is 0.219. The van der Waals surface area contributed by atoms with E-state index < -0.39 is 5.97 Å². The molecule has 0 unspecified atom stereocenters. The molecule has 2 N–H and O–H groups in total. The lowest BCUT2D eigenvalue weighted by Crippen LogP contribution is -2.08. The van der Waals surface area contributed by atoms with Gasteiger partial charge in [-0.25, -0.2) is 0 Å². The molecule has 0 aliphatic rings. The smallest absolute Gasteiger partial charge is 0.313 e. The zero-order chi connectivity index (χ0) is 22.1. The summed E-state index contributed by atoms with van der Waals surface area (Å²) in [6, 6.07) is 8.85. The van der Waals surface area contributed by atoms with Crippen molar-refractivity contribution in [2.45, 2.75) is 38.0 Å². The van der Waals surface area contributed by atoms with Crippen molar-refractivity contribution >= 4 is 39.4 Å². The maximum absolute atomic E-state index is 11.7. The summed E-state index contributed by atoms with van der Waals surface area (Å²) < 4.78 is 12.2. The lowest BCUT2D eigenvalue weighted by Gasteiger charge is -2.17. The maximum Gasteiger partial charge on any atom is 0.313 e. The Labute approximate surface area is 188 Å². The second kappa shape index (κ2) is 11.9. The van der Waals surface area contributed by atoms with E-state index in [4.69, 9.17) is 14.6 Å². The highest BCUT2D eigenvalue weighted by Crippen LogP contribution is 2.39. The van der Waals surface area contributed by atoms with E-state index in [1.807, 2.05) is 19.1 Å². The first kappa shape index (κ1) is 24.1. The minimum Gasteiger partial charge on any atom is -0.507 e. The van der Waals surface area contributed by atoms with Gasteiger partial charge in [0.15, 0.2) is 5.78 Å². The summed E-state index contributed by atoms with van der Waals surface area (Å²) in [7, 11) is 0. The highest BCUT2D eigenvalue weighted by molar-refractivity contribution is 9.10. The number of carbonyl (C=O) groups is 2. The Morgan fingerprint density at radius 1 is 1.13 bits per heavy atom. The van der Waals surface area contributed by atoms with Crippen molar-refractivity contribution in [3.8, 4) is 17.2 Å². The van der Waals surface area contributed by atoms with Crippen molar-refractivity contribution in [2.75, 3.05) is 19.0 Å². The van der Waals surface area contributed by atoms with Crippen LogP contribution in [0.3, 0.4) is 0 Å². The predicted molar refractivity (Wildman–Crippen MR) is 120 cm³/mol. The second-order valence-corrected chi connectivity index (χ2v) is 8.48. The van der Waals surface area contributed by atoms with Gasteiger partial charge in [-0.1, -0.05) is 13.3 Å². The van der Waals surface area contributed by atoms with Crippen molar-refractivity contribution in [3.05, 3.63) is 45.9 Å². The molecule has 2 aromatic rings.